The van der Waals surface area contributed by atoms with Gasteiger partial charge in [0, 0.05) is 36.3 Å². The summed E-state index contributed by atoms with van der Waals surface area (Å²) in [5.74, 6) is 1.00. The Hall–Kier alpha value is -2.52. The molecule has 0 saturated heterocycles. The number of thiophene rings is 1. The number of Topliss-reactive ketones (excluding diaryl/α,β-unsaturated/α-hetero) is 1. The highest BCUT2D eigenvalue weighted by molar-refractivity contribution is 7.99. The molecular formula is C18H19N5O2S2. The highest BCUT2D eigenvalue weighted by atomic mass is 32.2. The van der Waals surface area contributed by atoms with Gasteiger partial charge in [-0.1, -0.05) is 11.8 Å². The quantitative estimate of drug-likeness (QED) is 0.461. The molecule has 0 saturated carbocycles. The molecule has 0 aliphatic carbocycles. The van der Waals surface area contributed by atoms with Crippen molar-refractivity contribution in [2.75, 3.05) is 5.75 Å². The van der Waals surface area contributed by atoms with E-state index in [1.54, 1.807) is 18.5 Å². The van der Waals surface area contributed by atoms with E-state index in [0.717, 1.165) is 16.3 Å². The average Bonchev–Trinajstić information content (AvgIpc) is 3.32. The zero-order chi connectivity index (χ0) is 19.2. The van der Waals surface area contributed by atoms with Gasteiger partial charge in [-0.15, -0.1) is 21.5 Å². The van der Waals surface area contributed by atoms with Gasteiger partial charge in [0.2, 0.25) is 5.91 Å². The third-order valence-electron chi connectivity index (χ3n) is 3.75. The van der Waals surface area contributed by atoms with Crippen LogP contribution in [0.15, 0.2) is 41.8 Å². The van der Waals surface area contributed by atoms with Crippen LogP contribution in [0.1, 0.15) is 28.4 Å². The summed E-state index contributed by atoms with van der Waals surface area (Å²) in [5, 5.41) is 12.0. The predicted octanol–water partition coefficient (Wildman–Crippen LogP) is 3.03. The lowest BCUT2D eigenvalue weighted by atomic mass is 10.2. The maximum absolute atomic E-state index is 12.5. The maximum atomic E-state index is 12.5. The minimum absolute atomic E-state index is 0.0372. The normalized spacial score (nSPS) is 10.7. The highest BCUT2D eigenvalue weighted by Crippen LogP contribution is 2.25. The fourth-order valence-corrected chi connectivity index (χ4v) is 4.29. The third-order valence-corrected chi connectivity index (χ3v) is 5.85. The molecule has 0 aliphatic heterocycles. The van der Waals surface area contributed by atoms with Gasteiger partial charge < -0.3 is 9.88 Å². The number of hydrogen-bond donors (Lipinski definition) is 1. The summed E-state index contributed by atoms with van der Waals surface area (Å²) in [6.07, 6.45) is 3.44. The van der Waals surface area contributed by atoms with Crippen LogP contribution in [0.4, 0.5) is 0 Å². The van der Waals surface area contributed by atoms with Crippen LogP contribution < -0.4 is 5.32 Å². The molecule has 1 N–H and O–H groups in total. The Kier molecular flexibility index (Phi) is 6.36. The first-order valence-corrected chi connectivity index (χ1v) is 10.2. The molecule has 3 aromatic rings. The van der Waals surface area contributed by atoms with Crippen molar-refractivity contribution in [2.45, 2.75) is 32.1 Å². The first-order chi connectivity index (χ1) is 13.1. The van der Waals surface area contributed by atoms with Crippen LogP contribution in [-0.4, -0.2) is 37.2 Å². The number of carbonyl (C=O) groups excluding carboxylic acids is 2. The summed E-state index contributed by atoms with van der Waals surface area (Å²) < 4.78 is 1.99. The molecular weight excluding hydrogens is 382 g/mol. The second-order valence-electron chi connectivity index (χ2n) is 5.67. The number of nitrogens with zero attached hydrogens (tertiary/aromatic N) is 4. The number of pyridine rings is 1. The zero-order valence-corrected chi connectivity index (χ0v) is 16.6. The summed E-state index contributed by atoms with van der Waals surface area (Å²) in [6.45, 7) is 4.65. The molecule has 0 aromatic carbocycles. The van der Waals surface area contributed by atoms with Gasteiger partial charge in [0.05, 0.1) is 17.2 Å². The number of nitrogens with one attached hydrogen (secondary N) is 1. The minimum atomic E-state index is -0.0873. The van der Waals surface area contributed by atoms with Gasteiger partial charge in [-0.05, 0) is 31.2 Å². The zero-order valence-electron chi connectivity index (χ0n) is 15.0. The topological polar surface area (TPSA) is 89.8 Å². The van der Waals surface area contributed by atoms with Crippen molar-refractivity contribution in [3.8, 4) is 11.4 Å². The van der Waals surface area contributed by atoms with E-state index in [0.29, 0.717) is 23.1 Å². The van der Waals surface area contributed by atoms with Crippen molar-refractivity contribution >= 4 is 34.8 Å². The molecule has 7 nitrogen and oxygen atoms in total. The molecule has 0 fully saturated rings. The van der Waals surface area contributed by atoms with Crippen molar-refractivity contribution < 1.29 is 9.59 Å². The molecule has 0 unspecified atom stereocenters. The Balaban J connectivity index is 1.66. The largest absolute Gasteiger partial charge is 0.351 e. The maximum Gasteiger partial charge on any atom is 0.217 e. The van der Waals surface area contributed by atoms with Gasteiger partial charge in [-0.2, -0.15) is 0 Å². The smallest absolute Gasteiger partial charge is 0.217 e. The number of rotatable bonds is 8. The monoisotopic (exact) mass is 401 g/mol. The third kappa shape index (κ3) is 4.81. The Morgan fingerprint density at radius 2 is 1.96 bits per heavy atom. The number of amides is 1. The Bertz CT molecular complexity index is 936. The first-order valence-electron chi connectivity index (χ1n) is 8.41. The van der Waals surface area contributed by atoms with E-state index in [1.807, 2.05) is 29.7 Å². The average molecular weight is 402 g/mol. The van der Waals surface area contributed by atoms with Gasteiger partial charge in [0.25, 0.3) is 0 Å². The fraction of sp³-hybridized carbons (Fsp3) is 0.278. The van der Waals surface area contributed by atoms with Crippen LogP contribution in [0.5, 0.6) is 0 Å². The SMILES string of the molecule is CCn1c(SCC(=O)c2ccc(CNC(C)=O)s2)nnc1-c1ccncc1. The van der Waals surface area contributed by atoms with Crippen molar-refractivity contribution in [1.82, 2.24) is 25.1 Å². The highest BCUT2D eigenvalue weighted by Gasteiger charge is 2.16. The molecule has 0 radical (unpaired) electrons. The molecule has 3 aromatic heterocycles. The second kappa shape index (κ2) is 8.92. The van der Waals surface area contributed by atoms with Crippen molar-refractivity contribution in [3.63, 3.8) is 0 Å². The van der Waals surface area contributed by atoms with Crippen molar-refractivity contribution in [2.24, 2.45) is 0 Å². The number of ketones is 1. The van der Waals surface area contributed by atoms with E-state index in [9.17, 15) is 9.59 Å². The molecule has 3 rings (SSSR count). The van der Waals surface area contributed by atoms with E-state index >= 15 is 0 Å². The molecule has 140 valence electrons. The predicted molar refractivity (Wildman–Crippen MR) is 106 cm³/mol. The lowest BCUT2D eigenvalue weighted by Gasteiger charge is -2.06. The van der Waals surface area contributed by atoms with Crippen molar-refractivity contribution in [1.29, 1.82) is 0 Å². The van der Waals surface area contributed by atoms with Gasteiger partial charge in [0.15, 0.2) is 16.8 Å². The number of hydrogen-bond acceptors (Lipinski definition) is 7. The molecule has 9 heteroatoms. The van der Waals surface area contributed by atoms with Crippen LogP contribution in [0, 0.1) is 0 Å². The molecule has 0 bridgehead atoms. The van der Waals surface area contributed by atoms with Gasteiger partial charge in [-0.25, -0.2) is 0 Å². The fourth-order valence-electron chi connectivity index (χ4n) is 2.43. The van der Waals surface area contributed by atoms with E-state index in [-0.39, 0.29) is 17.4 Å². The van der Waals surface area contributed by atoms with E-state index in [2.05, 4.69) is 20.5 Å². The van der Waals surface area contributed by atoms with E-state index in [1.165, 1.54) is 30.0 Å². The van der Waals surface area contributed by atoms with Gasteiger partial charge in [0.1, 0.15) is 0 Å². The Morgan fingerprint density at radius 1 is 1.19 bits per heavy atom. The molecule has 3 heterocycles. The van der Waals surface area contributed by atoms with Gasteiger partial charge >= 0.3 is 0 Å². The van der Waals surface area contributed by atoms with Gasteiger partial charge in [-0.3, -0.25) is 14.6 Å². The van der Waals surface area contributed by atoms with Crippen LogP contribution >= 0.6 is 23.1 Å². The number of thioether (sulfide) groups is 1. The number of aromatic nitrogens is 4. The molecule has 1 amide bonds. The lowest BCUT2D eigenvalue weighted by molar-refractivity contribution is -0.119. The van der Waals surface area contributed by atoms with Crippen LogP contribution in [0.3, 0.4) is 0 Å². The van der Waals surface area contributed by atoms with Crippen LogP contribution in [0.2, 0.25) is 0 Å². The first kappa shape index (κ1) is 19.2. The lowest BCUT2D eigenvalue weighted by Crippen LogP contribution is -2.18. The summed E-state index contributed by atoms with van der Waals surface area (Å²) in [6, 6.07) is 7.45. The Labute approximate surface area is 165 Å². The molecule has 27 heavy (non-hydrogen) atoms. The second-order valence-corrected chi connectivity index (χ2v) is 7.78. The minimum Gasteiger partial charge on any atom is -0.351 e. The molecule has 0 aliphatic rings. The summed E-state index contributed by atoms with van der Waals surface area (Å²) in [5.41, 5.74) is 0.943. The van der Waals surface area contributed by atoms with E-state index < -0.39 is 0 Å². The van der Waals surface area contributed by atoms with Crippen molar-refractivity contribution in [3.05, 3.63) is 46.4 Å². The summed E-state index contributed by atoms with van der Waals surface area (Å²) in [4.78, 5) is 29.1. The number of carbonyl (C=O) groups is 2. The summed E-state index contributed by atoms with van der Waals surface area (Å²) in [7, 11) is 0. The molecule has 0 spiro atoms. The van der Waals surface area contributed by atoms with E-state index in [4.69, 9.17) is 0 Å². The summed E-state index contributed by atoms with van der Waals surface area (Å²) >= 11 is 2.78. The standard InChI is InChI=1S/C18H19N5O2S2/c1-3-23-17(13-6-8-19-9-7-13)21-22-18(23)26-11-15(25)16-5-4-14(27-16)10-20-12(2)24/h4-9H,3,10-11H2,1-2H3,(H,20,24). The van der Waals surface area contributed by atoms with Crippen LogP contribution in [-0.2, 0) is 17.9 Å². The van der Waals surface area contributed by atoms with Crippen LogP contribution in [0.25, 0.3) is 11.4 Å². The Morgan fingerprint density at radius 3 is 2.67 bits per heavy atom. The molecule has 0 atom stereocenters.